The van der Waals surface area contributed by atoms with Gasteiger partial charge in [0, 0.05) is 6.42 Å². The highest BCUT2D eigenvalue weighted by Gasteiger charge is 2.44. The fourth-order valence-electron chi connectivity index (χ4n) is 1.36. The molecule has 1 aromatic carbocycles. The van der Waals surface area contributed by atoms with Gasteiger partial charge in [-0.15, -0.1) is 0 Å². The quantitative estimate of drug-likeness (QED) is 0.793. The van der Waals surface area contributed by atoms with Gasteiger partial charge in [-0.05, 0) is 5.56 Å². The lowest BCUT2D eigenvalue weighted by Crippen LogP contribution is -2.56. The van der Waals surface area contributed by atoms with E-state index in [0.717, 1.165) is 7.11 Å². The molecule has 0 saturated carbocycles. The Morgan fingerprint density at radius 2 is 2.00 bits per heavy atom. The van der Waals surface area contributed by atoms with E-state index in [4.69, 9.17) is 5.73 Å². The summed E-state index contributed by atoms with van der Waals surface area (Å²) in [6.45, 7) is 0. The molecule has 5 heteroatoms. The first-order chi connectivity index (χ1) is 7.50. The van der Waals surface area contributed by atoms with Crippen LogP contribution in [0.1, 0.15) is 5.56 Å². The molecule has 1 rings (SSSR count). The topological polar surface area (TPSA) is 52.3 Å². The maximum absolute atomic E-state index is 12.8. The molecule has 0 aromatic heterocycles. The zero-order valence-electron chi connectivity index (χ0n) is 8.82. The molecule has 88 valence electrons. The van der Waals surface area contributed by atoms with Crippen LogP contribution < -0.4 is 5.73 Å². The van der Waals surface area contributed by atoms with E-state index in [9.17, 15) is 13.6 Å². The lowest BCUT2D eigenvalue weighted by molar-refractivity contribution is -0.153. The van der Waals surface area contributed by atoms with Crippen molar-refractivity contribution in [2.45, 2.75) is 18.4 Å². The van der Waals surface area contributed by atoms with Gasteiger partial charge in [0.2, 0.25) is 0 Å². The normalized spacial score (nSPS) is 14.6. The van der Waals surface area contributed by atoms with Gasteiger partial charge in [0.1, 0.15) is 0 Å². The number of nitrogens with two attached hydrogens (primary N) is 1. The highest BCUT2D eigenvalue weighted by Crippen LogP contribution is 2.20. The molecule has 0 aliphatic rings. The van der Waals surface area contributed by atoms with E-state index in [1.54, 1.807) is 30.3 Å². The van der Waals surface area contributed by atoms with Crippen LogP contribution in [0, 0.1) is 0 Å². The number of hydrogen-bond acceptors (Lipinski definition) is 3. The monoisotopic (exact) mass is 229 g/mol. The second-order valence-corrected chi connectivity index (χ2v) is 3.50. The molecule has 0 aliphatic carbocycles. The van der Waals surface area contributed by atoms with Crippen LogP contribution in [0.2, 0.25) is 0 Å². The number of alkyl halides is 2. The number of carbonyl (C=O) groups is 1. The lowest BCUT2D eigenvalue weighted by atomic mass is 9.92. The van der Waals surface area contributed by atoms with Crippen LogP contribution in [0.15, 0.2) is 30.3 Å². The first-order valence-corrected chi connectivity index (χ1v) is 4.70. The van der Waals surface area contributed by atoms with Crippen molar-refractivity contribution in [1.29, 1.82) is 0 Å². The van der Waals surface area contributed by atoms with Crippen LogP contribution in [0.5, 0.6) is 0 Å². The van der Waals surface area contributed by atoms with Gasteiger partial charge in [0.25, 0.3) is 6.43 Å². The molecule has 0 heterocycles. The van der Waals surface area contributed by atoms with Crippen molar-refractivity contribution < 1.29 is 18.3 Å². The second kappa shape index (κ2) is 5.03. The molecule has 0 fully saturated rings. The van der Waals surface area contributed by atoms with Crippen LogP contribution >= 0.6 is 0 Å². The third-order valence-electron chi connectivity index (χ3n) is 2.29. The Kier molecular flexibility index (Phi) is 3.95. The van der Waals surface area contributed by atoms with E-state index in [0.29, 0.717) is 5.56 Å². The second-order valence-electron chi connectivity index (χ2n) is 3.50. The van der Waals surface area contributed by atoms with Gasteiger partial charge in [-0.3, -0.25) is 0 Å². The molecule has 1 aromatic rings. The summed E-state index contributed by atoms with van der Waals surface area (Å²) in [6, 6.07) is 8.40. The number of benzene rings is 1. The standard InChI is InChI=1S/C11H13F2NO2/c1-16-10(15)11(14,9(12)13)7-8-5-3-2-4-6-8/h2-6,9H,7,14H2,1H3/t11-/m1/s1. The molecule has 2 N–H and O–H groups in total. The predicted octanol–water partition coefficient (Wildman–Crippen LogP) is 1.36. The fraction of sp³-hybridized carbons (Fsp3) is 0.364. The van der Waals surface area contributed by atoms with Gasteiger partial charge < -0.3 is 10.5 Å². The van der Waals surface area contributed by atoms with Crippen LogP contribution in [0.25, 0.3) is 0 Å². The molecule has 16 heavy (non-hydrogen) atoms. The first kappa shape index (κ1) is 12.6. The average Bonchev–Trinajstić information content (AvgIpc) is 2.28. The molecule has 1 atom stereocenters. The maximum Gasteiger partial charge on any atom is 0.332 e. The van der Waals surface area contributed by atoms with E-state index in [1.165, 1.54) is 0 Å². The van der Waals surface area contributed by atoms with Crippen LogP contribution in [-0.4, -0.2) is 25.0 Å². The highest BCUT2D eigenvalue weighted by molar-refractivity contribution is 5.81. The Hall–Kier alpha value is -1.49. The zero-order chi connectivity index (χ0) is 12.2. The van der Waals surface area contributed by atoms with Crippen LogP contribution in [-0.2, 0) is 16.0 Å². The summed E-state index contributed by atoms with van der Waals surface area (Å²) in [4.78, 5) is 11.3. The number of rotatable bonds is 4. The van der Waals surface area contributed by atoms with E-state index in [2.05, 4.69) is 4.74 Å². The molecule has 0 radical (unpaired) electrons. The van der Waals surface area contributed by atoms with Crippen molar-refractivity contribution in [3.63, 3.8) is 0 Å². The Balaban J connectivity index is 2.92. The van der Waals surface area contributed by atoms with Crippen molar-refractivity contribution in [3.8, 4) is 0 Å². The number of methoxy groups -OCH3 is 1. The van der Waals surface area contributed by atoms with Gasteiger partial charge >= 0.3 is 5.97 Å². The van der Waals surface area contributed by atoms with Crippen molar-refractivity contribution in [1.82, 2.24) is 0 Å². The lowest BCUT2D eigenvalue weighted by Gasteiger charge is -2.25. The molecule has 0 amide bonds. The number of hydrogen-bond donors (Lipinski definition) is 1. The first-order valence-electron chi connectivity index (χ1n) is 4.70. The summed E-state index contributed by atoms with van der Waals surface area (Å²) >= 11 is 0. The summed E-state index contributed by atoms with van der Waals surface area (Å²) in [5.41, 5.74) is 3.69. The minimum Gasteiger partial charge on any atom is -0.467 e. The fourth-order valence-corrected chi connectivity index (χ4v) is 1.36. The van der Waals surface area contributed by atoms with Gasteiger partial charge in [-0.25, -0.2) is 13.6 Å². The number of esters is 1. The Labute approximate surface area is 92.2 Å². The molecular weight excluding hydrogens is 216 g/mol. The number of ether oxygens (including phenoxy) is 1. The predicted molar refractivity (Wildman–Crippen MR) is 55.1 cm³/mol. The van der Waals surface area contributed by atoms with E-state index < -0.39 is 17.9 Å². The SMILES string of the molecule is COC(=O)[C@@](N)(Cc1ccccc1)C(F)F. The van der Waals surface area contributed by atoms with Crippen molar-refractivity contribution in [2.75, 3.05) is 7.11 Å². The molecule has 0 unspecified atom stereocenters. The van der Waals surface area contributed by atoms with Crippen molar-refractivity contribution in [3.05, 3.63) is 35.9 Å². The van der Waals surface area contributed by atoms with Gasteiger partial charge in [0.05, 0.1) is 7.11 Å². The molecular formula is C11H13F2NO2. The summed E-state index contributed by atoms with van der Waals surface area (Å²) in [7, 11) is 1.04. The largest absolute Gasteiger partial charge is 0.467 e. The van der Waals surface area contributed by atoms with Gasteiger partial charge in [0.15, 0.2) is 5.54 Å². The summed E-state index contributed by atoms with van der Waals surface area (Å²) in [6.07, 6.45) is -3.22. The summed E-state index contributed by atoms with van der Waals surface area (Å²) < 4.78 is 29.9. The van der Waals surface area contributed by atoms with Crippen LogP contribution in [0.4, 0.5) is 8.78 Å². The van der Waals surface area contributed by atoms with E-state index >= 15 is 0 Å². The minimum absolute atomic E-state index is 0.252. The maximum atomic E-state index is 12.8. The van der Waals surface area contributed by atoms with E-state index in [1.807, 2.05) is 0 Å². The molecule has 0 aliphatic heterocycles. The summed E-state index contributed by atoms with van der Waals surface area (Å²) in [5, 5.41) is 0. The van der Waals surface area contributed by atoms with Crippen molar-refractivity contribution >= 4 is 5.97 Å². The van der Waals surface area contributed by atoms with E-state index in [-0.39, 0.29) is 6.42 Å². The summed E-state index contributed by atoms with van der Waals surface area (Å²) in [5.74, 6) is -1.11. The minimum atomic E-state index is -2.97. The number of carbonyl (C=O) groups excluding carboxylic acids is 1. The van der Waals surface area contributed by atoms with Gasteiger partial charge in [-0.2, -0.15) is 0 Å². The molecule has 3 nitrogen and oxygen atoms in total. The number of halogens is 2. The van der Waals surface area contributed by atoms with Crippen LogP contribution in [0.3, 0.4) is 0 Å². The third-order valence-corrected chi connectivity index (χ3v) is 2.29. The average molecular weight is 229 g/mol. The van der Waals surface area contributed by atoms with Crippen molar-refractivity contribution in [2.24, 2.45) is 5.73 Å². The third kappa shape index (κ3) is 2.55. The zero-order valence-corrected chi connectivity index (χ0v) is 8.82. The highest BCUT2D eigenvalue weighted by atomic mass is 19.3. The Bertz CT molecular complexity index is 356. The molecule has 0 saturated heterocycles. The van der Waals surface area contributed by atoms with Gasteiger partial charge in [-0.1, -0.05) is 30.3 Å². The Morgan fingerprint density at radius 3 is 2.44 bits per heavy atom. The smallest absolute Gasteiger partial charge is 0.332 e. The Morgan fingerprint density at radius 1 is 1.44 bits per heavy atom. The molecule has 0 bridgehead atoms. The molecule has 0 spiro atoms.